The number of anilines is 1. The smallest absolute Gasteiger partial charge is 0.244 e. The number of nitrogens with zero attached hydrogens (tertiary/aromatic N) is 1. The molecule has 1 N–H and O–H groups in total. The lowest BCUT2D eigenvalue weighted by atomic mass is 9.89. The molecule has 29 heavy (non-hydrogen) atoms. The van der Waals surface area contributed by atoms with Crippen LogP contribution in [0.4, 0.5) is 5.69 Å². The lowest BCUT2D eigenvalue weighted by Gasteiger charge is -2.38. The standard InChI is InChI=1S/C22H28N2O4S/c1-15-10-12-17(13-11-15)24(29(5,26)27)16(2)21(25)23-19-14-22(3,4)28-20-9-7-6-8-18(19)20/h6-13,16,19H,14H2,1-5H3,(H,23,25)/t16-,19+/m1/s1. The zero-order valence-electron chi connectivity index (χ0n) is 17.5. The highest BCUT2D eigenvalue weighted by Crippen LogP contribution is 2.39. The number of benzene rings is 2. The molecule has 1 heterocycles. The van der Waals surface area contributed by atoms with E-state index < -0.39 is 21.7 Å². The van der Waals surface area contributed by atoms with Crippen LogP contribution in [0.2, 0.25) is 0 Å². The Morgan fingerprint density at radius 3 is 2.41 bits per heavy atom. The summed E-state index contributed by atoms with van der Waals surface area (Å²) in [5.74, 6) is 0.383. The van der Waals surface area contributed by atoms with E-state index in [1.54, 1.807) is 19.1 Å². The molecule has 0 aromatic heterocycles. The van der Waals surface area contributed by atoms with Gasteiger partial charge in [0.2, 0.25) is 15.9 Å². The molecule has 0 saturated carbocycles. The number of ether oxygens (including phenoxy) is 1. The molecular weight excluding hydrogens is 388 g/mol. The number of hydrogen-bond acceptors (Lipinski definition) is 4. The molecule has 0 fully saturated rings. The molecule has 0 saturated heterocycles. The van der Waals surface area contributed by atoms with Crippen molar-refractivity contribution in [2.75, 3.05) is 10.6 Å². The van der Waals surface area contributed by atoms with Crippen LogP contribution in [-0.2, 0) is 14.8 Å². The Bertz CT molecular complexity index is 1000. The van der Waals surface area contributed by atoms with Gasteiger partial charge in [0.25, 0.3) is 0 Å². The van der Waals surface area contributed by atoms with Crippen LogP contribution in [0.25, 0.3) is 0 Å². The number of carbonyl (C=O) groups is 1. The quantitative estimate of drug-likeness (QED) is 0.809. The van der Waals surface area contributed by atoms with Crippen molar-refractivity contribution in [1.82, 2.24) is 5.32 Å². The van der Waals surface area contributed by atoms with E-state index in [1.807, 2.05) is 57.2 Å². The Hall–Kier alpha value is -2.54. The Morgan fingerprint density at radius 2 is 1.79 bits per heavy atom. The zero-order chi connectivity index (χ0) is 21.4. The third-order valence-electron chi connectivity index (χ3n) is 5.07. The molecular formula is C22H28N2O4S. The Balaban J connectivity index is 1.88. The number of aryl methyl sites for hydroxylation is 1. The van der Waals surface area contributed by atoms with E-state index in [0.717, 1.165) is 27.4 Å². The number of carbonyl (C=O) groups excluding carboxylic acids is 1. The van der Waals surface area contributed by atoms with E-state index in [0.29, 0.717) is 12.1 Å². The number of amides is 1. The van der Waals surface area contributed by atoms with Gasteiger partial charge >= 0.3 is 0 Å². The maximum atomic E-state index is 13.1. The number of para-hydroxylation sites is 1. The van der Waals surface area contributed by atoms with Crippen LogP contribution in [0.15, 0.2) is 48.5 Å². The third-order valence-corrected chi connectivity index (χ3v) is 6.31. The van der Waals surface area contributed by atoms with E-state index >= 15 is 0 Å². The predicted molar refractivity (Wildman–Crippen MR) is 115 cm³/mol. The molecule has 6 nitrogen and oxygen atoms in total. The molecule has 7 heteroatoms. The van der Waals surface area contributed by atoms with Crippen molar-refractivity contribution >= 4 is 21.6 Å². The largest absolute Gasteiger partial charge is 0.487 e. The van der Waals surface area contributed by atoms with Gasteiger partial charge in [-0.2, -0.15) is 0 Å². The minimum absolute atomic E-state index is 0.260. The number of fused-ring (bicyclic) bond motifs is 1. The first-order valence-corrected chi connectivity index (χ1v) is 11.5. The van der Waals surface area contributed by atoms with Gasteiger partial charge in [-0.3, -0.25) is 9.10 Å². The molecule has 156 valence electrons. The zero-order valence-corrected chi connectivity index (χ0v) is 18.3. The lowest BCUT2D eigenvalue weighted by molar-refractivity contribution is -0.123. The molecule has 0 spiro atoms. The third kappa shape index (κ3) is 4.72. The summed E-state index contributed by atoms with van der Waals surface area (Å²) in [6, 6.07) is 13.5. The Labute approximate surface area is 172 Å². The molecule has 0 aliphatic carbocycles. The molecule has 2 aromatic rings. The number of sulfonamides is 1. The second kappa shape index (κ2) is 7.71. The molecule has 1 aliphatic rings. The number of nitrogens with one attached hydrogen (secondary N) is 1. The van der Waals surface area contributed by atoms with E-state index in [9.17, 15) is 13.2 Å². The fourth-order valence-electron chi connectivity index (χ4n) is 3.72. The van der Waals surface area contributed by atoms with Crippen molar-refractivity contribution in [1.29, 1.82) is 0 Å². The Kier molecular flexibility index (Phi) is 5.63. The topological polar surface area (TPSA) is 75.7 Å². The second-order valence-corrected chi connectivity index (χ2v) is 10.1. The van der Waals surface area contributed by atoms with Gasteiger partial charge in [-0.25, -0.2) is 8.42 Å². The van der Waals surface area contributed by atoms with Crippen LogP contribution in [0.1, 0.15) is 44.4 Å². The Morgan fingerprint density at radius 1 is 1.17 bits per heavy atom. The number of rotatable bonds is 5. The van der Waals surface area contributed by atoms with Crippen LogP contribution in [-0.4, -0.2) is 32.2 Å². The van der Waals surface area contributed by atoms with E-state index in [2.05, 4.69) is 5.32 Å². The average Bonchev–Trinajstić information content (AvgIpc) is 2.61. The van der Waals surface area contributed by atoms with Gasteiger partial charge in [-0.1, -0.05) is 35.9 Å². The predicted octanol–water partition coefficient (Wildman–Crippen LogP) is 3.57. The maximum absolute atomic E-state index is 13.1. The van der Waals surface area contributed by atoms with Crippen molar-refractivity contribution < 1.29 is 17.9 Å². The van der Waals surface area contributed by atoms with Crippen LogP contribution < -0.4 is 14.4 Å². The minimum atomic E-state index is -3.65. The summed E-state index contributed by atoms with van der Waals surface area (Å²) < 4.78 is 32.1. The van der Waals surface area contributed by atoms with E-state index in [1.165, 1.54) is 0 Å². The van der Waals surface area contributed by atoms with Crippen LogP contribution in [0.3, 0.4) is 0 Å². The van der Waals surface area contributed by atoms with Gasteiger partial charge < -0.3 is 10.1 Å². The van der Waals surface area contributed by atoms with E-state index in [4.69, 9.17) is 4.74 Å². The lowest BCUT2D eigenvalue weighted by Crippen LogP contribution is -2.50. The minimum Gasteiger partial charge on any atom is -0.487 e. The number of hydrogen-bond donors (Lipinski definition) is 1. The molecule has 1 amide bonds. The summed E-state index contributed by atoms with van der Waals surface area (Å²) in [4.78, 5) is 13.1. The first-order valence-electron chi connectivity index (χ1n) is 9.62. The van der Waals surface area contributed by atoms with Crippen molar-refractivity contribution in [3.63, 3.8) is 0 Å². The fourth-order valence-corrected chi connectivity index (χ4v) is 4.90. The van der Waals surface area contributed by atoms with Crippen molar-refractivity contribution in [3.05, 3.63) is 59.7 Å². The fraction of sp³-hybridized carbons (Fsp3) is 0.409. The van der Waals surface area contributed by atoms with E-state index in [-0.39, 0.29) is 11.9 Å². The van der Waals surface area contributed by atoms with Gasteiger partial charge in [-0.05, 0) is 45.9 Å². The molecule has 0 radical (unpaired) electrons. The first-order chi connectivity index (χ1) is 13.5. The van der Waals surface area contributed by atoms with Crippen LogP contribution >= 0.6 is 0 Å². The van der Waals surface area contributed by atoms with Crippen molar-refractivity contribution in [3.8, 4) is 5.75 Å². The van der Waals surface area contributed by atoms with Crippen LogP contribution in [0, 0.1) is 6.92 Å². The highest BCUT2D eigenvalue weighted by atomic mass is 32.2. The van der Waals surface area contributed by atoms with Gasteiger partial charge in [0.1, 0.15) is 17.4 Å². The second-order valence-electron chi connectivity index (χ2n) is 8.24. The van der Waals surface area contributed by atoms with Crippen molar-refractivity contribution in [2.45, 2.75) is 51.8 Å². The molecule has 1 aliphatic heterocycles. The van der Waals surface area contributed by atoms with Gasteiger partial charge in [0.15, 0.2) is 0 Å². The highest BCUT2D eigenvalue weighted by Gasteiger charge is 2.36. The van der Waals surface area contributed by atoms with Crippen LogP contribution in [0.5, 0.6) is 5.75 Å². The summed E-state index contributed by atoms with van der Waals surface area (Å²) in [5.41, 5.74) is 1.94. The summed E-state index contributed by atoms with van der Waals surface area (Å²) in [6.07, 6.45) is 1.70. The maximum Gasteiger partial charge on any atom is 0.244 e. The first kappa shape index (κ1) is 21.2. The summed E-state index contributed by atoms with van der Waals surface area (Å²) >= 11 is 0. The average molecular weight is 417 g/mol. The molecule has 0 bridgehead atoms. The van der Waals surface area contributed by atoms with Gasteiger partial charge in [-0.15, -0.1) is 0 Å². The highest BCUT2D eigenvalue weighted by molar-refractivity contribution is 7.92. The summed E-state index contributed by atoms with van der Waals surface area (Å²) in [6.45, 7) is 7.48. The van der Waals surface area contributed by atoms with Gasteiger partial charge in [0, 0.05) is 12.0 Å². The monoisotopic (exact) mass is 416 g/mol. The molecule has 2 atom stereocenters. The summed E-state index contributed by atoms with van der Waals surface area (Å²) in [7, 11) is -3.65. The summed E-state index contributed by atoms with van der Waals surface area (Å²) in [5, 5.41) is 3.04. The van der Waals surface area contributed by atoms with Crippen molar-refractivity contribution in [2.24, 2.45) is 0 Å². The normalized spacial score (nSPS) is 18.9. The molecule has 3 rings (SSSR count). The molecule has 0 unspecified atom stereocenters. The SMILES string of the molecule is Cc1ccc(N([C@H](C)C(=O)N[C@H]2CC(C)(C)Oc3ccccc32)S(C)(=O)=O)cc1. The van der Waals surface area contributed by atoms with Gasteiger partial charge in [0.05, 0.1) is 18.0 Å². The molecule has 2 aromatic carbocycles.